The third-order valence-electron chi connectivity index (χ3n) is 4.52. The van der Waals surface area contributed by atoms with Gasteiger partial charge in [0.25, 0.3) is 0 Å². The van der Waals surface area contributed by atoms with Gasteiger partial charge in [-0.25, -0.2) is 4.79 Å². The van der Waals surface area contributed by atoms with Gasteiger partial charge >= 0.3 is 5.63 Å². The Bertz CT molecular complexity index is 1230. The molecule has 3 aromatic carbocycles. The van der Waals surface area contributed by atoms with Crippen molar-refractivity contribution in [1.82, 2.24) is 0 Å². The summed E-state index contributed by atoms with van der Waals surface area (Å²) in [5, 5.41) is 2.88. The summed E-state index contributed by atoms with van der Waals surface area (Å²) in [4.78, 5) is 12.1. The van der Waals surface area contributed by atoms with Gasteiger partial charge in [-0.05, 0) is 34.7 Å². The molecule has 4 nitrogen and oxygen atoms in total. The zero-order valence-corrected chi connectivity index (χ0v) is 13.8. The fraction of sp³-hybridized carbons (Fsp3) is 0.0455. The minimum atomic E-state index is -0.362. The van der Waals surface area contributed by atoms with Crippen LogP contribution in [0.4, 0.5) is 0 Å². The van der Waals surface area contributed by atoms with E-state index in [0.717, 1.165) is 38.8 Å². The Hall–Kier alpha value is -3.53. The number of benzene rings is 3. The first-order valence-corrected chi connectivity index (χ1v) is 8.31. The molecule has 1 aliphatic rings. The molecule has 1 aliphatic heterocycles. The SMILES string of the molecule is O=c1cc(/C=C/c2ccc3c(c2)OCO3)c2ccc3ccccc3c2o1. The van der Waals surface area contributed by atoms with Gasteiger partial charge in [0, 0.05) is 16.8 Å². The summed E-state index contributed by atoms with van der Waals surface area (Å²) in [6, 6.07) is 19.2. The highest BCUT2D eigenvalue weighted by Crippen LogP contribution is 2.33. The maximum Gasteiger partial charge on any atom is 0.336 e. The molecule has 0 aliphatic carbocycles. The van der Waals surface area contributed by atoms with Crippen LogP contribution in [0.1, 0.15) is 11.1 Å². The zero-order chi connectivity index (χ0) is 17.5. The fourth-order valence-corrected chi connectivity index (χ4v) is 3.26. The molecule has 5 rings (SSSR count). The van der Waals surface area contributed by atoms with Gasteiger partial charge in [0.2, 0.25) is 6.79 Å². The molecule has 0 bridgehead atoms. The van der Waals surface area contributed by atoms with Crippen LogP contribution in [0, 0.1) is 0 Å². The smallest absolute Gasteiger partial charge is 0.336 e. The lowest BCUT2D eigenvalue weighted by molar-refractivity contribution is 0.174. The lowest BCUT2D eigenvalue weighted by Gasteiger charge is -2.05. The summed E-state index contributed by atoms with van der Waals surface area (Å²) in [6.45, 7) is 0.250. The highest BCUT2D eigenvalue weighted by Gasteiger charge is 2.12. The highest BCUT2D eigenvalue weighted by molar-refractivity contribution is 6.06. The molecule has 0 saturated heterocycles. The largest absolute Gasteiger partial charge is 0.454 e. The summed E-state index contributed by atoms with van der Waals surface area (Å²) in [7, 11) is 0. The molecule has 2 heterocycles. The van der Waals surface area contributed by atoms with E-state index in [0.29, 0.717) is 5.58 Å². The molecule has 4 heteroatoms. The summed E-state index contributed by atoms with van der Waals surface area (Å²) < 4.78 is 16.2. The lowest BCUT2D eigenvalue weighted by atomic mass is 10.0. The van der Waals surface area contributed by atoms with Crippen molar-refractivity contribution in [3.63, 3.8) is 0 Å². The number of rotatable bonds is 2. The molecule has 1 aromatic heterocycles. The zero-order valence-electron chi connectivity index (χ0n) is 13.8. The van der Waals surface area contributed by atoms with Crippen LogP contribution in [-0.4, -0.2) is 6.79 Å². The Kier molecular flexibility index (Phi) is 3.28. The van der Waals surface area contributed by atoms with E-state index in [1.165, 1.54) is 6.07 Å². The maximum absolute atomic E-state index is 12.1. The van der Waals surface area contributed by atoms with E-state index >= 15 is 0 Å². The Morgan fingerprint density at radius 3 is 2.65 bits per heavy atom. The summed E-state index contributed by atoms with van der Waals surface area (Å²) in [6.07, 6.45) is 3.87. The second-order valence-corrected chi connectivity index (χ2v) is 6.13. The number of hydrogen-bond acceptors (Lipinski definition) is 4. The average molecular weight is 342 g/mol. The van der Waals surface area contributed by atoms with Crippen LogP contribution < -0.4 is 15.1 Å². The van der Waals surface area contributed by atoms with E-state index < -0.39 is 0 Å². The van der Waals surface area contributed by atoms with E-state index in [9.17, 15) is 4.79 Å². The fourth-order valence-electron chi connectivity index (χ4n) is 3.26. The number of hydrogen-bond donors (Lipinski definition) is 0. The molecule has 0 saturated carbocycles. The van der Waals surface area contributed by atoms with E-state index in [1.807, 2.05) is 66.7 Å². The summed E-state index contributed by atoms with van der Waals surface area (Å²) in [5.41, 5.74) is 2.04. The summed E-state index contributed by atoms with van der Waals surface area (Å²) >= 11 is 0. The summed E-state index contributed by atoms with van der Waals surface area (Å²) in [5.74, 6) is 1.48. The van der Waals surface area contributed by atoms with E-state index in [2.05, 4.69) is 0 Å². The van der Waals surface area contributed by atoms with Crippen LogP contribution in [-0.2, 0) is 0 Å². The van der Waals surface area contributed by atoms with Gasteiger partial charge in [-0.3, -0.25) is 0 Å². The van der Waals surface area contributed by atoms with Crippen molar-refractivity contribution < 1.29 is 13.9 Å². The van der Waals surface area contributed by atoms with Crippen molar-refractivity contribution in [3.8, 4) is 11.5 Å². The minimum absolute atomic E-state index is 0.250. The van der Waals surface area contributed by atoms with E-state index in [-0.39, 0.29) is 12.4 Å². The first-order valence-electron chi connectivity index (χ1n) is 8.31. The van der Waals surface area contributed by atoms with Crippen LogP contribution in [0.3, 0.4) is 0 Å². The van der Waals surface area contributed by atoms with Crippen molar-refractivity contribution in [2.24, 2.45) is 0 Å². The normalized spacial score (nSPS) is 13.1. The molecule has 0 spiro atoms. The van der Waals surface area contributed by atoms with Gasteiger partial charge in [-0.1, -0.05) is 48.6 Å². The Labute approximate surface area is 148 Å². The molecule has 4 aromatic rings. The van der Waals surface area contributed by atoms with Crippen LogP contribution in [0.5, 0.6) is 11.5 Å². The van der Waals surface area contributed by atoms with Crippen molar-refractivity contribution in [3.05, 3.63) is 82.2 Å². The van der Waals surface area contributed by atoms with Crippen LogP contribution in [0.2, 0.25) is 0 Å². The quantitative estimate of drug-likeness (QED) is 0.386. The van der Waals surface area contributed by atoms with Gasteiger partial charge in [0.1, 0.15) is 5.58 Å². The molecule has 0 unspecified atom stereocenters. The van der Waals surface area contributed by atoms with Gasteiger partial charge in [0.05, 0.1) is 0 Å². The monoisotopic (exact) mass is 342 g/mol. The molecule has 0 radical (unpaired) electrons. The van der Waals surface area contributed by atoms with Crippen LogP contribution in [0.15, 0.2) is 69.9 Å². The van der Waals surface area contributed by atoms with Crippen molar-refractivity contribution in [1.29, 1.82) is 0 Å². The average Bonchev–Trinajstić information content (AvgIpc) is 3.13. The maximum atomic E-state index is 12.1. The molecule has 26 heavy (non-hydrogen) atoms. The first-order chi connectivity index (χ1) is 12.8. The Balaban J connectivity index is 1.64. The predicted octanol–water partition coefficient (Wildman–Crippen LogP) is 4.85. The minimum Gasteiger partial charge on any atom is -0.454 e. The van der Waals surface area contributed by atoms with Crippen molar-refractivity contribution in [2.75, 3.05) is 6.79 Å². The van der Waals surface area contributed by atoms with Crippen molar-refractivity contribution >= 4 is 33.9 Å². The van der Waals surface area contributed by atoms with E-state index in [1.54, 1.807) is 0 Å². The molecule has 0 atom stereocenters. The molecule has 0 amide bonds. The van der Waals surface area contributed by atoms with Gasteiger partial charge < -0.3 is 13.9 Å². The second-order valence-electron chi connectivity index (χ2n) is 6.13. The van der Waals surface area contributed by atoms with Crippen molar-refractivity contribution in [2.45, 2.75) is 0 Å². The van der Waals surface area contributed by atoms with E-state index in [4.69, 9.17) is 13.9 Å². The Morgan fingerprint density at radius 2 is 1.69 bits per heavy atom. The molecular weight excluding hydrogens is 328 g/mol. The second kappa shape index (κ2) is 5.77. The topological polar surface area (TPSA) is 48.7 Å². The highest BCUT2D eigenvalue weighted by atomic mass is 16.7. The molecular formula is C22H14O4. The third-order valence-corrected chi connectivity index (χ3v) is 4.52. The first kappa shape index (κ1) is 14.8. The standard InChI is InChI=1S/C22H14O4/c23-21-12-16(7-5-14-6-10-19-20(11-14)25-13-24-19)18-9-8-15-3-1-2-4-17(15)22(18)26-21/h1-12H,13H2/b7-5+. The molecule has 0 fully saturated rings. The van der Waals surface area contributed by atoms with Crippen LogP contribution in [0.25, 0.3) is 33.9 Å². The Morgan fingerprint density at radius 1 is 0.808 bits per heavy atom. The number of fused-ring (bicyclic) bond motifs is 4. The number of ether oxygens (including phenoxy) is 2. The van der Waals surface area contributed by atoms with Crippen LogP contribution >= 0.6 is 0 Å². The van der Waals surface area contributed by atoms with Gasteiger partial charge in [0.15, 0.2) is 11.5 Å². The third kappa shape index (κ3) is 2.43. The molecule has 0 N–H and O–H groups in total. The van der Waals surface area contributed by atoms with Gasteiger partial charge in [-0.15, -0.1) is 0 Å². The predicted molar refractivity (Wildman–Crippen MR) is 101 cm³/mol. The lowest BCUT2D eigenvalue weighted by Crippen LogP contribution is -1.98. The molecule has 126 valence electrons. The van der Waals surface area contributed by atoms with Gasteiger partial charge in [-0.2, -0.15) is 0 Å².